The van der Waals surface area contributed by atoms with E-state index in [1.807, 2.05) is 16.8 Å². The number of hydrogen-bond acceptors (Lipinski definition) is 6. The van der Waals surface area contributed by atoms with Crippen LogP contribution in [0.4, 0.5) is 17.3 Å². The average molecular weight is 395 g/mol. The summed E-state index contributed by atoms with van der Waals surface area (Å²) >= 11 is 0. The summed E-state index contributed by atoms with van der Waals surface area (Å²) in [5.74, 6) is 1.15. The number of carbonyl (C=O) groups excluding carboxylic acids is 1. The summed E-state index contributed by atoms with van der Waals surface area (Å²) in [5, 5.41) is 10.3. The van der Waals surface area contributed by atoms with Crippen molar-refractivity contribution in [2.24, 2.45) is 11.7 Å². The molecule has 0 spiro atoms. The van der Waals surface area contributed by atoms with E-state index in [9.17, 15) is 9.59 Å². The van der Waals surface area contributed by atoms with Crippen molar-refractivity contribution in [1.29, 1.82) is 0 Å². The standard InChI is InChI=1S/C20H25N7O2/c1-12-5-7-13(8-6-12)26-9-3-4-15(20(26)29)24-16-10-17(22-2)27-19(25-16)14(11-23-27)18(21)28/h3-4,9-13,22H,5-8H2,1-2H3,(H2,21,28)(H,24,25). The lowest BCUT2D eigenvalue weighted by atomic mass is 9.87. The molecule has 0 unspecified atom stereocenters. The second-order valence-corrected chi connectivity index (χ2v) is 7.61. The number of anilines is 3. The summed E-state index contributed by atoms with van der Waals surface area (Å²) in [6, 6.07) is 5.55. The summed E-state index contributed by atoms with van der Waals surface area (Å²) < 4.78 is 3.32. The zero-order valence-electron chi connectivity index (χ0n) is 16.6. The van der Waals surface area contributed by atoms with E-state index < -0.39 is 5.91 Å². The molecule has 0 aliphatic heterocycles. The summed E-state index contributed by atoms with van der Waals surface area (Å²) in [7, 11) is 1.74. The number of pyridine rings is 1. The van der Waals surface area contributed by atoms with Crippen molar-refractivity contribution in [3.05, 3.63) is 46.5 Å². The van der Waals surface area contributed by atoms with Gasteiger partial charge in [-0.05, 0) is 43.7 Å². The highest BCUT2D eigenvalue weighted by molar-refractivity contribution is 5.98. The molecule has 1 aliphatic carbocycles. The molecule has 1 fully saturated rings. The van der Waals surface area contributed by atoms with Gasteiger partial charge in [0.05, 0.1) is 6.20 Å². The van der Waals surface area contributed by atoms with Crippen molar-refractivity contribution < 1.29 is 4.79 Å². The Morgan fingerprint density at radius 1 is 1.28 bits per heavy atom. The van der Waals surface area contributed by atoms with Crippen LogP contribution in [0.3, 0.4) is 0 Å². The van der Waals surface area contributed by atoms with Crippen molar-refractivity contribution in [1.82, 2.24) is 19.2 Å². The minimum atomic E-state index is -0.611. The van der Waals surface area contributed by atoms with Gasteiger partial charge < -0.3 is 20.9 Å². The molecular formula is C20H25N7O2. The van der Waals surface area contributed by atoms with Crippen LogP contribution in [-0.2, 0) is 0 Å². The van der Waals surface area contributed by atoms with Gasteiger partial charge in [-0.1, -0.05) is 6.92 Å². The Balaban J connectivity index is 1.70. The molecule has 0 saturated heterocycles. The topological polar surface area (TPSA) is 119 Å². The number of primary amides is 1. The van der Waals surface area contributed by atoms with Crippen LogP contribution in [0.2, 0.25) is 0 Å². The van der Waals surface area contributed by atoms with Gasteiger partial charge in [0.2, 0.25) is 0 Å². The summed E-state index contributed by atoms with van der Waals surface area (Å²) in [5.41, 5.74) is 6.32. The third kappa shape index (κ3) is 3.55. The molecule has 0 aromatic carbocycles. The Morgan fingerprint density at radius 3 is 2.72 bits per heavy atom. The summed E-state index contributed by atoms with van der Waals surface area (Å²) in [6.07, 6.45) is 7.53. The number of fused-ring (bicyclic) bond motifs is 1. The highest BCUT2D eigenvalue weighted by Gasteiger charge is 2.21. The van der Waals surface area contributed by atoms with Gasteiger partial charge in [-0.25, -0.2) is 4.98 Å². The van der Waals surface area contributed by atoms with Crippen LogP contribution < -0.4 is 21.9 Å². The molecule has 0 bridgehead atoms. The van der Waals surface area contributed by atoms with E-state index in [1.54, 1.807) is 19.2 Å². The van der Waals surface area contributed by atoms with Crippen LogP contribution in [0.5, 0.6) is 0 Å². The van der Waals surface area contributed by atoms with E-state index in [-0.39, 0.29) is 17.2 Å². The number of amides is 1. The maximum atomic E-state index is 13.1. The fourth-order valence-corrected chi connectivity index (χ4v) is 3.93. The number of rotatable bonds is 5. The number of aromatic nitrogens is 4. The highest BCUT2D eigenvalue weighted by Crippen LogP contribution is 2.31. The number of nitrogens with one attached hydrogen (secondary N) is 2. The maximum Gasteiger partial charge on any atom is 0.274 e. The van der Waals surface area contributed by atoms with Crippen molar-refractivity contribution in [2.45, 2.75) is 38.6 Å². The Morgan fingerprint density at radius 2 is 2.03 bits per heavy atom. The molecule has 0 radical (unpaired) electrons. The molecule has 4 rings (SSSR count). The van der Waals surface area contributed by atoms with Crippen molar-refractivity contribution in [2.75, 3.05) is 17.7 Å². The van der Waals surface area contributed by atoms with E-state index in [4.69, 9.17) is 5.73 Å². The van der Waals surface area contributed by atoms with Gasteiger partial charge in [0.15, 0.2) is 5.65 Å². The van der Waals surface area contributed by atoms with Gasteiger partial charge in [-0.15, -0.1) is 0 Å². The molecular weight excluding hydrogens is 370 g/mol. The number of nitrogens with two attached hydrogens (primary N) is 1. The molecule has 9 heteroatoms. The van der Waals surface area contributed by atoms with Crippen LogP contribution in [0.25, 0.3) is 5.65 Å². The van der Waals surface area contributed by atoms with Crippen molar-refractivity contribution in [3.63, 3.8) is 0 Å². The smallest absolute Gasteiger partial charge is 0.274 e. The van der Waals surface area contributed by atoms with E-state index in [2.05, 4.69) is 27.6 Å². The molecule has 1 aliphatic rings. The largest absolute Gasteiger partial charge is 0.373 e. The number of hydrogen-bond donors (Lipinski definition) is 3. The molecule has 152 valence electrons. The fourth-order valence-electron chi connectivity index (χ4n) is 3.93. The van der Waals surface area contributed by atoms with Crippen LogP contribution in [0.15, 0.2) is 35.4 Å². The molecule has 1 saturated carbocycles. The summed E-state index contributed by atoms with van der Waals surface area (Å²) in [6.45, 7) is 2.26. The van der Waals surface area contributed by atoms with Crippen LogP contribution in [0.1, 0.15) is 49.0 Å². The number of nitrogens with zero attached hydrogens (tertiary/aromatic N) is 4. The van der Waals surface area contributed by atoms with Gasteiger partial charge in [-0.3, -0.25) is 9.59 Å². The fraction of sp³-hybridized carbons (Fsp3) is 0.400. The zero-order valence-corrected chi connectivity index (χ0v) is 16.6. The molecule has 3 aromatic heterocycles. The van der Waals surface area contributed by atoms with Crippen LogP contribution >= 0.6 is 0 Å². The number of carbonyl (C=O) groups is 1. The van der Waals surface area contributed by atoms with Crippen LogP contribution in [0, 0.1) is 5.92 Å². The lowest BCUT2D eigenvalue weighted by Gasteiger charge is -2.28. The highest BCUT2D eigenvalue weighted by atomic mass is 16.1. The molecule has 4 N–H and O–H groups in total. The third-order valence-corrected chi connectivity index (χ3v) is 5.61. The molecule has 1 amide bonds. The maximum absolute atomic E-state index is 13.1. The SMILES string of the molecule is CNc1cc(Nc2cccn(C3CCC(C)CC3)c2=O)nc2c(C(N)=O)cnn12. The van der Waals surface area contributed by atoms with E-state index >= 15 is 0 Å². The quantitative estimate of drug-likeness (QED) is 0.611. The zero-order chi connectivity index (χ0) is 20.5. The Kier molecular flexibility index (Phi) is 4.96. The first-order valence-corrected chi connectivity index (χ1v) is 9.82. The van der Waals surface area contributed by atoms with Gasteiger partial charge in [0.1, 0.15) is 22.9 Å². The van der Waals surface area contributed by atoms with E-state index in [0.29, 0.717) is 28.9 Å². The van der Waals surface area contributed by atoms with Crippen LogP contribution in [-0.4, -0.2) is 32.1 Å². The molecule has 29 heavy (non-hydrogen) atoms. The Labute approximate surface area is 167 Å². The second kappa shape index (κ2) is 7.57. The molecule has 0 atom stereocenters. The predicted octanol–water partition coefficient (Wildman–Crippen LogP) is 2.53. The Bertz CT molecular complexity index is 1110. The van der Waals surface area contributed by atoms with E-state index in [0.717, 1.165) is 25.7 Å². The lowest BCUT2D eigenvalue weighted by Crippen LogP contribution is -2.28. The van der Waals surface area contributed by atoms with Crippen molar-refractivity contribution >= 4 is 28.9 Å². The molecule has 3 heterocycles. The minimum Gasteiger partial charge on any atom is -0.373 e. The van der Waals surface area contributed by atoms with Gasteiger partial charge in [0, 0.05) is 25.4 Å². The van der Waals surface area contributed by atoms with Gasteiger partial charge >= 0.3 is 0 Å². The van der Waals surface area contributed by atoms with Gasteiger partial charge in [0.25, 0.3) is 11.5 Å². The van der Waals surface area contributed by atoms with E-state index in [1.165, 1.54) is 10.7 Å². The lowest BCUT2D eigenvalue weighted by molar-refractivity contribution is 0.100. The molecule has 9 nitrogen and oxygen atoms in total. The molecule has 3 aromatic rings. The predicted molar refractivity (Wildman–Crippen MR) is 112 cm³/mol. The second-order valence-electron chi connectivity index (χ2n) is 7.61. The summed E-state index contributed by atoms with van der Waals surface area (Å²) in [4.78, 5) is 29.2. The normalized spacial score (nSPS) is 19.2. The third-order valence-electron chi connectivity index (χ3n) is 5.61. The first-order valence-electron chi connectivity index (χ1n) is 9.82. The average Bonchev–Trinajstić information content (AvgIpc) is 3.14. The Hall–Kier alpha value is -3.36. The van der Waals surface area contributed by atoms with Gasteiger partial charge in [-0.2, -0.15) is 9.61 Å². The first kappa shape index (κ1) is 19.0. The minimum absolute atomic E-state index is 0.0802. The van der Waals surface area contributed by atoms with Crippen molar-refractivity contribution in [3.8, 4) is 0 Å². The first-order chi connectivity index (χ1) is 14.0. The monoisotopic (exact) mass is 395 g/mol.